The van der Waals surface area contributed by atoms with Crippen molar-refractivity contribution in [3.05, 3.63) is 212 Å². The van der Waals surface area contributed by atoms with Gasteiger partial charge >= 0.3 is 0 Å². The van der Waals surface area contributed by atoms with E-state index in [0.717, 1.165) is 11.4 Å². The molecule has 0 bridgehead atoms. The van der Waals surface area contributed by atoms with Crippen LogP contribution in [0.5, 0.6) is 0 Å². The molecule has 0 amide bonds. The summed E-state index contributed by atoms with van der Waals surface area (Å²) in [4.78, 5) is 20.5. The molecular formula is C80H88N2S4. The molecule has 2 aliphatic rings. The molecule has 4 aromatic carbocycles. The molecule has 0 radical (unpaired) electrons. The van der Waals surface area contributed by atoms with Gasteiger partial charge in [0, 0.05) is 63.2 Å². The van der Waals surface area contributed by atoms with Crippen LogP contribution in [0.3, 0.4) is 0 Å². The van der Waals surface area contributed by atoms with Crippen molar-refractivity contribution in [2.45, 2.75) is 194 Å². The van der Waals surface area contributed by atoms with Crippen LogP contribution in [0.15, 0.2) is 158 Å². The Hall–Kier alpha value is -6.02. The van der Waals surface area contributed by atoms with E-state index in [2.05, 4.69) is 173 Å². The molecular weight excluding hydrogens is 1120 g/mol. The lowest BCUT2D eigenvalue weighted by Crippen LogP contribution is -1.97. The molecule has 12 rings (SSSR count). The lowest BCUT2D eigenvalue weighted by atomic mass is 9.93. The second kappa shape index (κ2) is 29.3. The largest absolute Gasteiger partial charge is 0.255 e. The molecule has 0 aliphatic heterocycles. The predicted octanol–water partition coefficient (Wildman–Crippen LogP) is 25.4. The summed E-state index contributed by atoms with van der Waals surface area (Å²) in [5, 5.41) is 0. The van der Waals surface area contributed by atoms with Crippen molar-refractivity contribution in [1.82, 2.24) is 9.97 Å². The maximum atomic E-state index is 4.91. The van der Waals surface area contributed by atoms with Gasteiger partial charge in [0.15, 0.2) is 0 Å². The van der Waals surface area contributed by atoms with E-state index in [1.807, 2.05) is 57.7 Å². The van der Waals surface area contributed by atoms with Gasteiger partial charge in [0.2, 0.25) is 0 Å². The van der Waals surface area contributed by atoms with Gasteiger partial charge in [0.1, 0.15) is 0 Å². The van der Waals surface area contributed by atoms with Gasteiger partial charge in [0.25, 0.3) is 0 Å². The summed E-state index contributed by atoms with van der Waals surface area (Å²) in [6.07, 6.45) is 34.9. The smallest absolute Gasteiger partial charge is 0.0892 e. The van der Waals surface area contributed by atoms with E-state index in [9.17, 15) is 0 Å². The van der Waals surface area contributed by atoms with Crippen LogP contribution in [0.4, 0.5) is 0 Å². The highest BCUT2D eigenvalue weighted by Crippen LogP contribution is 2.54. The number of fused-ring (bicyclic) bond motifs is 6. The first kappa shape index (κ1) is 60.3. The number of rotatable bonds is 31. The summed E-state index contributed by atoms with van der Waals surface area (Å²) in [5.41, 5.74) is 21.8. The monoisotopic (exact) mass is 1200 g/mol. The maximum absolute atomic E-state index is 4.91. The number of hydrogen-bond acceptors (Lipinski definition) is 6. The van der Waals surface area contributed by atoms with Crippen LogP contribution in [0.25, 0.3) is 74.0 Å². The minimum atomic E-state index is 0.261. The summed E-state index contributed by atoms with van der Waals surface area (Å²) in [6.45, 7) is 9.22. The number of aryl methyl sites for hydroxylation is 4. The Morgan fingerprint density at radius 2 is 0.570 bits per heavy atom. The fourth-order valence-corrected chi connectivity index (χ4v) is 18.1. The van der Waals surface area contributed by atoms with Crippen molar-refractivity contribution < 1.29 is 0 Å². The van der Waals surface area contributed by atoms with Crippen LogP contribution in [0.2, 0.25) is 0 Å². The molecule has 0 unspecified atom stereocenters. The molecule has 0 saturated carbocycles. The quantitative estimate of drug-likeness (QED) is 0.0405. The number of pyridine rings is 2. The molecule has 10 aromatic rings. The Kier molecular flexibility index (Phi) is 20.6. The number of benzene rings is 4. The van der Waals surface area contributed by atoms with Crippen LogP contribution in [-0.4, -0.2) is 9.97 Å². The normalized spacial score (nSPS) is 12.7. The third-order valence-corrected chi connectivity index (χ3v) is 23.4. The zero-order chi connectivity index (χ0) is 58.6. The zero-order valence-corrected chi connectivity index (χ0v) is 54.9. The highest BCUT2D eigenvalue weighted by atomic mass is 32.1. The topological polar surface area (TPSA) is 25.8 Å². The van der Waals surface area contributed by atoms with Crippen LogP contribution >= 0.6 is 45.3 Å². The fourth-order valence-electron chi connectivity index (χ4n) is 13.6. The first-order chi connectivity index (χ1) is 42.5. The minimum Gasteiger partial charge on any atom is -0.255 e. The number of aromatic nitrogens is 2. The van der Waals surface area contributed by atoms with E-state index in [1.165, 1.54) is 271 Å². The van der Waals surface area contributed by atoms with Gasteiger partial charge in [-0.2, -0.15) is 0 Å². The Morgan fingerprint density at radius 3 is 0.895 bits per heavy atom. The standard InChI is InChI=1S/C80H88N2S4/c1-5-9-13-17-21-25-55-29-33-61-65(49-55)66-50-56(26-22-18-14-10-6-2)30-34-62(66)79(61)77-43-41-75(85-77)73-39-37-71(83-73)59-45-47-81-69(53-59)70-54-60(46-48-82-70)72-38-40-74(84-72)76-42-44-78(86-76)80-63-35-31-57(27-23-19-15-11-7-3)51-67(63)68-52-58(32-36-64(68)80)28-24-20-16-12-8-4/h29-54,79-80H,5-28H2,1-4H3. The molecule has 0 saturated heterocycles. The Bertz CT molecular complexity index is 3470. The van der Waals surface area contributed by atoms with Gasteiger partial charge in [-0.1, -0.05) is 203 Å². The average Bonchev–Trinajstić information content (AvgIpc) is 1.74. The van der Waals surface area contributed by atoms with Crippen molar-refractivity contribution in [1.29, 1.82) is 0 Å². The van der Waals surface area contributed by atoms with Crippen LogP contribution in [0, 0.1) is 0 Å². The first-order valence-corrected chi connectivity index (χ1v) is 36.6. The summed E-state index contributed by atoms with van der Waals surface area (Å²) in [5.74, 6) is 0.522. The average molecular weight is 1210 g/mol. The van der Waals surface area contributed by atoms with Gasteiger partial charge < -0.3 is 0 Å². The molecule has 0 atom stereocenters. The van der Waals surface area contributed by atoms with Crippen molar-refractivity contribution >= 4 is 45.3 Å². The Labute approximate surface area is 531 Å². The fraction of sp³-hybridized carbons (Fsp3) is 0.375. The molecule has 0 N–H and O–H groups in total. The highest BCUT2D eigenvalue weighted by Gasteiger charge is 2.33. The van der Waals surface area contributed by atoms with Gasteiger partial charge in [0.05, 0.1) is 11.4 Å². The minimum absolute atomic E-state index is 0.261. The van der Waals surface area contributed by atoms with Crippen LogP contribution < -0.4 is 0 Å². The summed E-state index contributed by atoms with van der Waals surface area (Å²) in [6, 6.07) is 57.4. The first-order valence-electron chi connectivity index (χ1n) is 33.3. The van der Waals surface area contributed by atoms with E-state index < -0.39 is 0 Å². The number of unbranched alkanes of at least 4 members (excludes halogenated alkanes) is 16. The molecule has 0 fully saturated rings. The molecule has 442 valence electrons. The Balaban J connectivity index is 0.743. The molecule has 6 heteroatoms. The van der Waals surface area contributed by atoms with Gasteiger partial charge in [-0.25, -0.2) is 0 Å². The molecule has 0 spiro atoms. The van der Waals surface area contributed by atoms with E-state index in [0.29, 0.717) is 0 Å². The lowest BCUT2D eigenvalue weighted by molar-refractivity contribution is 0.632. The molecule has 6 aromatic heterocycles. The van der Waals surface area contributed by atoms with Crippen molar-refractivity contribution in [2.24, 2.45) is 0 Å². The molecule has 6 heterocycles. The zero-order valence-electron chi connectivity index (χ0n) is 51.7. The SMILES string of the molecule is CCCCCCCc1ccc2c(c1)-c1cc(CCCCCCC)ccc1C2c1ccc(-c2ccc(-c3ccnc(-c4cc(-c5ccc(-c6ccc(C7c8ccc(CCCCCCC)cc8-c8cc(CCCCCCC)ccc87)s6)s5)ccn4)c3)s2)s1. The number of hydrogen-bond donors (Lipinski definition) is 0. The van der Waals surface area contributed by atoms with Crippen LogP contribution in [0.1, 0.15) is 222 Å². The van der Waals surface area contributed by atoms with E-state index in [4.69, 9.17) is 9.97 Å². The Morgan fingerprint density at radius 1 is 0.279 bits per heavy atom. The van der Waals surface area contributed by atoms with Crippen LogP contribution in [-0.2, 0) is 25.7 Å². The predicted molar refractivity (Wildman–Crippen MR) is 376 cm³/mol. The summed E-state index contributed by atoms with van der Waals surface area (Å²) < 4.78 is 0. The van der Waals surface area contributed by atoms with Crippen molar-refractivity contribution in [3.63, 3.8) is 0 Å². The molecule has 2 nitrogen and oxygen atoms in total. The highest BCUT2D eigenvalue weighted by molar-refractivity contribution is 7.24. The lowest BCUT2D eigenvalue weighted by Gasteiger charge is -2.13. The molecule has 86 heavy (non-hydrogen) atoms. The third kappa shape index (κ3) is 14.0. The van der Waals surface area contributed by atoms with Gasteiger partial charge in [-0.15, -0.1) is 45.3 Å². The van der Waals surface area contributed by atoms with Crippen molar-refractivity contribution in [3.8, 4) is 74.0 Å². The van der Waals surface area contributed by atoms with E-state index >= 15 is 0 Å². The second-order valence-electron chi connectivity index (χ2n) is 24.8. The van der Waals surface area contributed by atoms with Gasteiger partial charge in [-0.05, 0) is 202 Å². The van der Waals surface area contributed by atoms with Gasteiger partial charge in [-0.3, -0.25) is 9.97 Å². The summed E-state index contributed by atoms with van der Waals surface area (Å²) in [7, 11) is 0. The summed E-state index contributed by atoms with van der Waals surface area (Å²) >= 11 is 7.69. The van der Waals surface area contributed by atoms with E-state index in [-0.39, 0.29) is 11.8 Å². The number of thiophene rings is 4. The van der Waals surface area contributed by atoms with Crippen molar-refractivity contribution in [2.75, 3.05) is 0 Å². The third-order valence-electron chi connectivity index (χ3n) is 18.4. The number of nitrogens with zero attached hydrogens (tertiary/aromatic N) is 2. The maximum Gasteiger partial charge on any atom is 0.0892 e. The molecule has 2 aliphatic carbocycles. The second-order valence-corrected chi connectivity index (χ2v) is 29.2. The van der Waals surface area contributed by atoms with E-state index in [1.54, 1.807) is 0 Å².